The molecule has 0 unspecified atom stereocenters. The molecule has 2 amide bonds. The number of carbonyl (C=O) groups excluding carboxylic acids is 2. The van der Waals surface area contributed by atoms with E-state index in [2.05, 4.69) is 20.3 Å². The van der Waals surface area contributed by atoms with Crippen molar-refractivity contribution < 1.29 is 40.0 Å². The van der Waals surface area contributed by atoms with Gasteiger partial charge in [0, 0.05) is 29.3 Å². The predicted octanol–water partition coefficient (Wildman–Crippen LogP) is 5.64. The number of fused-ring (bicyclic) bond motifs is 1. The van der Waals surface area contributed by atoms with Crippen LogP contribution in [0, 0.1) is 11.7 Å². The standard InChI is InChI=1S/C30H26F4N4O5S/c1-35-27(40)23-22-12-21(18-3-2-4-19(11-18)26(39)37-29-13-16(14-29)15-29)25(38-44(41,42)10-9-30(32,33)34)36-28(22)43-24(23)17-5-7-20(31)8-6-17/h2-8,11-12,16H,9-10,13-15H2,1H3,(H,35,40)(H,36,38)(H,37,39). The van der Waals surface area contributed by atoms with E-state index in [9.17, 15) is 35.6 Å². The fourth-order valence-corrected chi connectivity index (χ4v) is 6.75. The second-order valence-corrected chi connectivity index (χ2v) is 13.1. The second-order valence-electron chi connectivity index (χ2n) is 11.2. The van der Waals surface area contributed by atoms with Crippen molar-refractivity contribution in [2.24, 2.45) is 5.92 Å². The van der Waals surface area contributed by atoms with Gasteiger partial charge in [-0.1, -0.05) is 12.1 Å². The van der Waals surface area contributed by atoms with Crippen molar-refractivity contribution in [2.45, 2.75) is 37.4 Å². The summed E-state index contributed by atoms with van der Waals surface area (Å²) in [5, 5.41) is 5.72. The normalized spacial score (nSPS) is 19.2. The number of anilines is 1. The topological polar surface area (TPSA) is 130 Å². The summed E-state index contributed by atoms with van der Waals surface area (Å²) < 4.78 is 85.8. The molecule has 2 aromatic heterocycles. The predicted molar refractivity (Wildman–Crippen MR) is 154 cm³/mol. The fourth-order valence-electron chi connectivity index (χ4n) is 5.70. The van der Waals surface area contributed by atoms with Crippen LogP contribution in [0.5, 0.6) is 0 Å². The average Bonchev–Trinajstić information content (AvgIpc) is 3.30. The number of benzene rings is 2. The largest absolute Gasteiger partial charge is 0.437 e. The molecule has 2 heterocycles. The van der Waals surface area contributed by atoms with Crippen molar-refractivity contribution in [2.75, 3.05) is 17.5 Å². The van der Waals surface area contributed by atoms with Crippen LogP contribution in [-0.4, -0.2) is 49.7 Å². The van der Waals surface area contributed by atoms with Crippen LogP contribution in [0.25, 0.3) is 33.6 Å². The van der Waals surface area contributed by atoms with E-state index in [1.165, 1.54) is 43.4 Å². The number of hydrogen-bond donors (Lipinski definition) is 3. The Morgan fingerprint density at radius 2 is 1.73 bits per heavy atom. The minimum atomic E-state index is -4.72. The number of nitrogens with zero attached hydrogens (tertiary/aromatic N) is 1. The molecule has 9 nitrogen and oxygen atoms in total. The Hall–Kier alpha value is -4.46. The Morgan fingerprint density at radius 1 is 1.02 bits per heavy atom. The minimum Gasteiger partial charge on any atom is -0.437 e. The van der Waals surface area contributed by atoms with Gasteiger partial charge in [0.25, 0.3) is 11.8 Å². The van der Waals surface area contributed by atoms with E-state index >= 15 is 0 Å². The lowest BCUT2D eigenvalue weighted by Crippen LogP contribution is -2.68. The highest BCUT2D eigenvalue weighted by molar-refractivity contribution is 7.92. The van der Waals surface area contributed by atoms with Crippen LogP contribution in [0.3, 0.4) is 0 Å². The highest BCUT2D eigenvalue weighted by Gasteiger charge is 2.57. The van der Waals surface area contributed by atoms with Crippen molar-refractivity contribution in [3.63, 3.8) is 0 Å². The summed E-state index contributed by atoms with van der Waals surface area (Å²) in [6, 6.07) is 12.8. The van der Waals surface area contributed by atoms with Gasteiger partial charge in [-0.25, -0.2) is 12.8 Å². The molecule has 0 atom stereocenters. The van der Waals surface area contributed by atoms with Crippen LogP contribution in [0.2, 0.25) is 0 Å². The molecule has 230 valence electrons. The maximum Gasteiger partial charge on any atom is 0.390 e. The maximum absolute atomic E-state index is 13.6. The lowest BCUT2D eigenvalue weighted by Gasteiger charge is -2.61. The Morgan fingerprint density at radius 3 is 2.34 bits per heavy atom. The monoisotopic (exact) mass is 630 g/mol. The van der Waals surface area contributed by atoms with Crippen molar-refractivity contribution in [1.29, 1.82) is 0 Å². The summed E-state index contributed by atoms with van der Waals surface area (Å²) in [7, 11) is -3.17. The molecule has 2 aromatic carbocycles. The summed E-state index contributed by atoms with van der Waals surface area (Å²) in [6.07, 6.45) is -3.55. The van der Waals surface area contributed by atoms with E-state index in [0.29, 0.717) is 17.0 Å². The van der Waals surface area contributed by atoms with Crippen LogP contribution in [0.4, 0.5) is 23.4 Å². The van der Waals surface area contributed by atoms with E-state index in [1.54, 1.807) is 18.2 Å². The van der Waals surface area contributed by atoms with Crippen LogP contribution >= 0.6 is 0 Å². The average molecular weight is 631 g/mol. The minimum absolute atomic E-state index is 0.0153. The third kappa shape index (κ3) is 5.73. The highest BCUT2D eigenvalue weighted by atomic mass is 32.2. The maximum atomic E-state index is 13.6. The van der Waals surface area contributed by atoms with Crippen molar-refractivity contribution in [1.82, 2.24) is 15.6 Å². The third-order valence-electron chi connectivity index (χ3n) is 8.00. The number of sulfonamides is 1. The van der Waals surface area contributed by atoms with Gasteiger partial charge in [-0.05, 0) is 73.2 Å². The number of pyridine rings is 1. The number of nitrogens with one attached hydrogen (secondary N) is 3. The van der Waals surface area contributed by atoms with Crippen LogP contribution in [-0.2, 0) is 10.0 Å². The molecule has 2 bridgehead atoms. The molecule has 0 saturated heterocycles. The van der Waals surface area contributed by atoms with Crippen LogP contribution < -0.4 is 15.4 Å². The molecule has 7 rings (SSSR count). The Balaban J connectivity index is 1.48. The van der Waals surface area contributed by atoms with Crippen LogP contribution in [0.1, 0.15) is 46.4 Å². The fraction of sp³-hybridized carbons (Fsp3) is 0.300. The number of furan rings is 1. The summed E-state index contributed by atoms with van der Waals surface area (Å²) in [5.41, 5.74) is 0.626. The molecular weight excluding hydrogens is 604 g/mol. The first-order valence-corrected chi connectivity index (χ1v) is 15.4. The molecule has 3 aliphatic carbocycles. The second kappa shape index (κ2) is 10.6. The van der Waals surface area contributed by atoms with Gasteiger partial charge in [0.2, 0.25) is 15.7 Å². The van der Waals surface area contributed by atoms with Gasteiger partial charge in [0.1, 0.15) is 11.6 Å². The molecule has 3 fully saturated rings. The van der Waals surface area contributed by atoms with E-state index in [1.807, 2.05) is 0 Å². The van der Waals surface area contributed by atoms with Gasteiger partial charge >= 0.3 is 6.18 Å². The zero-order chi connectivity index (χ0) is 31.4. The van der Waals surface area contributed by atoms with Gasteiger partial charge in [-0.2, -0.15) is 18.2 Å². The first-order valence-electron chi connectivity index (χ1n) is 13.7. The molecule has 3 aliphatic rings. The van der Waals surface area contributed by atoms with E-state index in [0.717, 1.165) is 19.3 Å². The Kier molecular flexibility index (Phi) is 7.14. The van der Waals surface area contributed by atoms with Gasteiger partial charge in [0.05, 0.1) is 23.1 Å². The van der Waals surface area contributed by atoms with Crippen LogP contribution in [0.15, 0.2) is 59.0 Å². The smallest absolute Gasteiger partial charge is 0.390 e. The summed E-state index contributed by atoms with van der Waals surface area (Å²) in [5.74, 6) is -2.40. The quantitative estimate of drug-likeness (QED) is 0.205. The van der Waals surface area contributed by atoms with Crippen molar-refractivity contribution >= 4 is 38.8 Å². The molecule has 3 saturated carbocycles. The lowest BCUT2D eigenvalue weighted by molar-refractivity contribution is -0.129. The SMILES string of the molecule is CNC(=O)c1c(-c2ccc(F)cc2)oc2nc(NS(=O)(=O)CCC(F)(F)F)c(-c3cccc(C(=O)NC45CC(C4)C5)c3)cc12. The number of amides is 2. The van der Waals surface area contributed by atoms with Gasteiger partial charge in [-0.3, -0.25) is 14.3 Å². The molecule has 0 spiro atoms. The molecular formula is C30H26F4N4O5S. The first-order chi connectivity index (χ1) is 20.7. The van der Waals surface area contributed by atoms with E-state index in [4.69, 9.17) is 4.42 Å². The molecule has 14 heteroatoms. The molecule has 4 aromatic rings. The molecule has 3 N–H and O–H groups in total. The third-order valence-corrected chi connectivity index (χ3v) is 9.25. The molecule has 0 radical (unpaired) electrons. The summed E-state index contributed by atoms with van der Waals surface area (Å²) >= 11 is 0. The molecule has 44 heavy (non-hydrogen) atoms. The van der Waals surface area contributed by atoms with Crippen molar-refractivity contribution in [3.05, 3.63) is 71.5 Å². The Bertz CT molecular complexity index is 1890. The Labute approximate surface area is 249 Å². The summed E-state index contributed by atoms with van der Waals surface area (Å²) in [6.45, 7) is 0. The van der Waals surface area contributed by atoms with Gasteiger partial charge < -0.3 is 15.1 Å². The number of aromatic nitrogens is 1. The molecule has 0 aliphatic heterocycles. The van der Waals surface area contributed by atoms with E-state index < -0.39 is 40.1 Å². The van der Waals surface area contributed by atoms with Crippen molar-refractivity contribution in [3.8, 4) is 22.5 Å². The van der Waals surface area contributed by atoms with Gasteiger partial charge in [-0.15, -0.1) is 0 Å². The first kappa shape index (κ1) is 29.6. The zero-order valence-corrected chi connectivity index (χ0v) is 24.0. The summed E-state index contributed by atoms with van der Waals surface area (Å²) in [4.78, 5) is 30.4. The number of hydrogen-bond acceptors (Lipinski definition) is 6. The van der Waals surface area contributed by atoms with E-state index in [-0.39, 0.29) is 50.8 Å². The van der Waals surface area contributed by atoms with Gasteiger partial charge in [0.15, 0.2) is 5.82 Å². The highest BCUT2D eigenvalue weighted by Crippen LogP contribution is 2.57. The number of carbonyl (C=O) groups is 2. The zero-order valence-electron chi connectivity index (χ0n) is 23.2. The lowest BCUT2D eigenvalue weighted by atomic mass is 9.50. The number of halogens is 4. The number of alkyl halides is 3. The number of rotatable bonds is 9.